The van der Waals surface area contributed by atoms with Crippen LogP contribution in [-0.4, -0.2) is 11.9 Å². The number of hydrogen-bond acceptors (Lipinski definition) is 1. The van der Waals surface area contributed by atoms with E-state index in [1.807, 2.05) is 0 Å². The van der Waals surface area contributed by atoms with Crippen LogP contribution in [0.1, 0.15) is 32.6 Å². The van der Waals surface area contributed by atoms with Gasteiger partial charge in [-0.15, -0.1) is 0 Å². The topological polar surface area (TPSA) is 29.1 Å². The van der Waals surface area contributed by atoms with E-state index >= 15 is 0 Å². The predicted molar refractivity (Wildman–Crippen MR) is 52.2 cm³/mol. The Morgan fingerprint density at radius 2 is 1.92 bits per heavy atom. The van der Waals surface area contributed by atoms with Gasteiger partial charge in [0.1, 0.15) is 0 Å². The molecule has 1 fully saturated rings. The quantitative estimate of drug-likeness (QED) is 0.644. The summed E-state index contributed by atoms with van der Waals surface area (Å²) in [5.74, 6) is 1.36. The molecule has 0 bridgehead atoms. The Hall–Kier alpha value is -0.790. The van der Waals surface area contributed by atoms with E-state index in [0.717, 1.165) is 31.6 Å². The molecule has 1 N–H and O–H groups in total. The first kappa shape index (κ1) is 8.79. The monoisotopic (exact) mass is 179 g/mol. The summed E-state index contributed by atoms with van der Waals surface area (Å²) >= 11 is 0. The van der Waals surface area contributed by atoms with Gasteiger partial charge in [0.2, 0.25) is 5.91 Å². The van der Waals surface area contributed by atoms with Crippen molar-refractivity contribution in [3.8, 4) is 0 Å². The van der Waals surface area contributed by atoms with Crippen molar-refractivity contribution in [1.82, 2.24) is 5.32 Å². The lowest BCUT2D eigenvalue weighted by atomic mass is 9.75. The molecule has 1 amide bonds. The lowest BCUT2D eigenvalue weighted by Crippen LogP contribution is -2.42. The molecule has 0 unspecified atom stereocenters. The van der Waals surface area contributed by atoms with Crippen LogP contribution in [0, 0.1) is 11.8 Å². The molecule has 2 rings (SSSR count). The van der Waals surface area contributed by atoms with Crippen LogP contribution in [-0.2, 0) is 4.79 Å². The Balaban J connectivity index is 1.72. The summed E-state index contributed by atoms with van der Waals surface area (Å²) in [5.41, 5.74) is 0. The smallest absolute Gasteiger partial charge is 0.223 e. The minimum absolute atomic E-state index is 0.284. The highest BCUT2D eigenvalue weighted by atomic mass is 16.2. The molecule has 13 heavy (non-hydrogen) atoms. The summed E-state index contributed by atoms with van der Waals surface area (Å²) < 4.78 is 0. The molecule has 2 nitrogen and oxygen atoms in total. The molecule has 0 aliphatic heterocycles. The van der Waals surface area contributed by atoms with Gasteiger partial charge in [0.15, 0.2) is 0 Å². The number of carbonyl (C=O) groups excluding carboxylic acids is 1. The maximum absolute atomic E-state index is 11.6. The van der Waals surface area contributed by atoms with Crippen molar-refractivity contribution in [3.63, 3.8) is 0 Å². The van der Waals surface area contributed by atoms with Crippen molar-refractivity contribution >= 4 is 5.91 Å². The van der Waals surface area contributed by atoms with Gasteiger partial charge in [-0.05, 0) is 31.6 Å². The van der Waals surface area contributed by atoms with Gasteiger partial charge in [-0.2, -0.15) is 0 Å². The first-order valence-electron chi connectivity index (χ1n) is 5.21. The van der Waals surface area contributed by atoms with Crippen LogP contribution in [0.2, 0.25) is 0 Å². The van der Waals surface area contributed by atoms with Crippen molar-refractivity contribution in [2.24, 2.45) is 11.8 Å². The molecule has 0 saturated heterocycles. The largest absolute Gasteiger partial charge is 0.353 e. The first-order valence-corrected chi connectivity index (χ1v) is 5.21. The first-order chi connectivity index (χ1) is 6.25. The molecule has 0 aromatic carbocycles. The van der Waals surface area contributed by atoms with Crippen molar-refractivity contribution in [2.75, 3.05) is 0 Å². The highest BCUT2D eigenvalue weighted by Crippen LogP contribution is 2.33. The van der Waals surface area contributed by atoms with Gasteiger partial charge in [0.25, 0.3) is 0 Å². The molecular formula is C11H17NO. The second-order valence-corrected chi connectivity index (χ2v) is 4.42. The van der Waals surface area contributed by atoms with Crippen molar-refractivity contribution in [3.05, 3.63) is 12.2 Å². The zero-order valence-corrected chi connectivity index (χ0v) is 8.12. The minimum atomic E-state index is 0.284. The van der Waals surface area contributed by atoms with Crippen molar-refractivity contribution in [2.45, 2.75) is 38.6 Å². The average Bonchev–Trinajstić information content (AvgIpc) is 2.51. The van der Waals surface area contributed by atoms with Gasteiger partial charge in [-0.3, -0.25) is 4.79 Å². The van der Waals surface area contributed by atoms with Crippen LogP contribution < -0.4 is 5.32 Å². The second kappa shape index (κ2) is 3.52. The third-order valence-electron chi connectivity index (χ3n) is 3.10. The van der Waals surface area contributed by atoms with Crippen LogP contribution in [0.4, 0.5) is 0 Å². The highest BCUT2D eigenvalue weighted by molar-refractivity contribution is 5.79. The molecule has 0 aromatic heterocycles. The van der Waals surface area contributed by atoms with Crippen LogP contribution in [0.15, 0.2) is 12.2 Å². The third kappa shape index (κ3) is 1.93. The standard InChI is InChI=1S/C11H17NO/c1-8-6-9(7-8)11(13)12-10-4-2-3-5-10/h2-3,8-10H,4-7H2,1H3,(H,12,13). The summed E-state index contributed by atoms with van der Waals surface area (Å²) in [6.07, 6.45) is 8.52. The predicted octanol–water partition coefficient (Wildman–Crippen LogP) is 1.87. The van der Waals surface area contributed by atoms with E-state index in [9.17, 15) is 4.79 Å². The normalized spacial score (nSPS) is 33.0. The lowest BCUT2D eigenvalue weighted by molar-refractivity contribution is -0.129. The molecule has 0 radical (unpaired) electrons. The average molecular weight is 179 g/mol. The van der Waals surface area contributed by atoms with E-state index in [1.165, 1.54) is 0 Å². The molecule has 2 aliphatic rings. The van der Waals surface area contributed by atoms with Gasteiger partial charge in [0, 0.05) is 12.0 Å². The van der Waals surface area contributed by atoms with Crippen molar-refractivity contribution < 1.29 is 4.79 Å². The van der Waals surface area contributed by atoms with Crippen LogP contribution >= 0.6 is 0 Å². The third-order valence-corrected chi connectivity index (χ3v) is 3.10. The SMILES string of the molecule is CC1CC(C(=O)NC2CC=CC2)C1. The Labute approximate surface area is 79.4 Å². The minimum Gasteiger partial charge on any atom is -0.353 e. The Bertz CT molecular complexity index is 220. The number of amides is 1. The van der Waals surface area contributed by atoms with E-state index in [0.29, 0.717) is 12.0 Å². The highest BCUT2D eigenvalue weighted by Gasteiger charge is 2.32. The maximum atomic E-state index is 11.6. The Morgan fingerprint density at radius 3 is 2.46 bits per heavy atom. The van der Waals surface area contributed by atoms with E-state index in [4.69, 9.17) is 0 Å². The van der Waals surface area contributed by atoms with Crippen LogP contribution in [0.5, 0.6) is 0 Å². The number of carbonyl (C=O) groups is 1. The molecule has 0 atom stereocenters. The summed E-state index contributed by atoms with van der Waals surface area (Å²) in [4.78, 5) is 11.6. The number of rotatable bonds is 2. The maximum Gasteiger partial charge on any atom is 0.223 e. The van der Waals surface area contributed by atoms with Crippen LogP contribution in [0.25, 0.3) is 0 Å². The molecule has 0 spiro atoms. The van der Waals surface area contributed by atoms with Gasteiger partial charge in [-0.1, -0.05) is 19.1 Å². The fourth-order valence-corrected chi connectivity index (χ4v) is 2.17. The molecule has 0 aromatic rings. The fraction of sp³-hybridized carbons (Fsp3) is 0.727. The van der Waals surface area contributed by atoms with Gasteiger partial charge in [-0.25, -0.2) is 0 Å². The summed E-state index contributed by atoms with van der Waals surface area (Å²) in [5, 5.41) is 3.10. The van der Waals surface area contributed by atoms with E-state index in [-0.39, 0.29) is 5.91 Å². The summed E-state index contributed by atoms with van der Waals surface area (Å²) in [6.45, 7) is 2.21. The zero-order valence-electron chi connectivity index (χ0n) is 8.12. The fourth-order valence-electron chi connectivity index (χ4n) is 2.17. The Morgan fingerprint density at radius 1 is 1.31 bits per heavy atom. The van der Waals surface area contributed by atoms with E-state index in [1.54, 1.807) is 0 Å². The van der Waals surface area contributed by atoms with E-state index in [2.05, 4.69) is 24.4 Å². The lowest BCUT2D eigenvalue weighted by Gasteiger charge is -2.32. The van der Waals surface area contributed by atoms with Crippen molar-refractivity contribution in [1.29, 1.82) is 0 Å². The molecule has 1 saturated carbocycles. The number of nitrogens with one attached hydrogen (secondary N) is 1. The summed E-state index contributed by atoms with van der Waals surface area (Å²) in [6, 6.07) is 0.392. The summed E-state index contributed by atoms with van der Waals surface area (Å²) in [7, 11) is 0. The van der Waals surface area contributed by atoms with Crippen LogP contribution in [0.3, 0.4) is 0 Å². The molecule has 72 valence electrons. The van der Waals surface area contributed by atoms with E-state index < -0.39 is 0 Å². The van der Waals surface area contributed by atoms with Gasteiger partial charge < -0.3 is 5.32 Å². The number of hydrogen-bond donors (Lipinski definition) is 1. The molecule has 2 aliphatic carbocycles. The molecule has 2 heteroatoms. The van der Waals surface area contributed by atoms with Gasteiger partial charge >= 0.3 is 0 Å². The molecule has 0 heterocycles. The zero-order chi connectivity index (χ0) is 9.26. The molecular weight excluding hydrogens is 162 g/mol. The second-order valence-electron chi connectivity index (χ2n) is 4.42. The Kier molecular flexibility index (Phi) is 2.38. The van der Waals surface area contributed by atoms with Gasteiger partial charge in [0.05, 0.1) is 0 Å².